The van der Waals surface area contributed by atoms with Crippen LogP contribution in [0.5, 0.6) is 5.75 Å². The normalized spacial score (nSPS) is 11.9. The zero-order valence-corrected chi connectivity index (χ0v) is 12.0. The van der Waals surface area contributed by atoms with Crippen molar-refractivity contribution in [2.24, 2.45) is 0 Å². The van der Waals surface area contributed by atoms with Gasteiger partial charge in [-0.15, -0.1) is 11.8 Å². The van der Waals surface area contributed by atoms with E-state index < -0.39 is 0 Å². The lowest BCUT2D eigenvalue weighted by molar-refractivity contribution is -0.140. The van der Waals surface area contributed by atoms with E-state index in [0.717, 1.165) is 29.9 Å². The van der Waals surface area contributed by atoms with Crippen molar-refractivity contribution in [1.82, 2.24) is 0 Å². The molecule has 0 aliphatic rings. The van der Waals surface area contributed by atoms with Gasteiger partial charge in [0.15, 0.2) is 0 Å². The SMILES string of the molecule is CCCCC(Sc1cccc(OC)c1)C(=O)OC. The van der Waals surface area contributed by atoms with Gasteiger partial charge in [-0.3, -0.25) is 4.79 Å². The van der Waals surface area contributed by atoms with Gasteiger partial charge in [0.1, 0.15) is 11.0 Å². The van der Waals surface area contributed by atoms with E-state index in [4.69, 9.17) is 9.47 Å². The summed E-state index contributed by atoms with van der Waals surface area (Å²) in [6.45, 7) is 2.12. The summed E-state index contributed by atoms with van der Waals surface area (Å²) in [6.07, 6.45) is 2.94. The number of methoxy groups -OCH3 is 2. The summed E-state index contributed by atoms with van der Waals surface area (Å²) >= 11 is 1.54. The molecule has 18 heavy (non-hydrogen) atoms. The van der Waals surface area contributed by atoms with Crippen molar-refractivity contribution in [3.63, 3.8) is 0 Å². The number of carbonyl (C=O) groups excluding carboxylic acids is 1. The van der Waals surface area contributed by atoms with Crippen molar-refractivity contribution < 1.29 is 14.3 Å². The molecule has 0 fully saturated rings. The second-order valence-electron chi connectivity index (χ2n) is 3.95. The molecule has 0 aliphatic carbocycles. The maximum Gasteiger partial charge on any atom is 0.319 e. The summed E-state index contributed by atoms with van der Waals surface area (Å²) in [5, 5.41) is -0.137. The van der Waals surface area contributed by atoms with Gasteiger partial charge >= 0.3 is 5.97 Å². The van der Waals surface area contributed by atoms with E-state index in [0.29, 0.717) is 0 Å². The van der Waals surface area contributed by atoms with E-state index in [-0.39, 0.29) is 11.2 Å². The standard InChI is InChI=1S/C14H20O3S/c1-4-5-9-13(14(15)17-3)18-12-8-6-7-11(10-12)16-2/h6-8,10,13H,4-5,9H2,1-3H3. The highest BCUT2D eigenvalue weighted by atomic mass is 32.2. The minimum Gasteiger partial charge on any atom is -0.497 e. The molecular formula is C14H20O3S. The molecule has 1 atom stereocenters. The molecule has 0 amide bonds. The van der Waals surface area contributed by atoms with Gasteiger partial charge in [-0.1, -0.05) is 25.8 Å². The molecule has 0 saturated heterocycles. The number of rotatable bonds is 7. The van der Waals surface area contributed by atoms with Crippen molar-refractivity contribution >= 4 is 17.7 Å². The fraction of sp³-hybridized carbons (Fsp3) is 0.500. The van der Waals surface area contributed by atoms with Crippen LogP contribution in [0.15, 0.2) is 29.2 Å². The van der Waals surface area contributed by atoms with Gasteiger partial charge in [-0.25, -0.2) is 0 Å². The number of thioether (sulfide) groups is 1. The minimum atomic E-state index is -0.156. The lowest BCUT2D eigenvalue weighted by Crippen LogP contribution is -2.18. The average molecular weight is 268 g/mol. The van der Waals surface area contributed by atoms with Crippen LogP contribution in [0.2, 0.25) is 0 Å². The smallest absolute Gasteiger partial charge is 0.319 e. The topological polar surface area (TPSA) is 35.5 Å². The van der Waals surface area contributed by atoms with E-state index in [1.807, 2.05) is 24.3 Å². The highest BCUT2D eigenvalue weighted by Crippen LogP contribution is 2.29. The minimum absolute atomic E-state index is 0.137. The third kappa shape index (κ3) is 4.61. The first kappa shape index (κ1) is 14.9. The number of unbranched alkanes of at least 4 members (excludes halogenated alkanes) is 1. The quantitative estimate of drug-likeness (QED) is 0.560. The highest BCUT2D eigenvalue weighted by molar-refractivity contribution is 8.00. The Balaban J connectivity index is 2.71. The molecule has 0 saturated carbocycles. The fourth-order valence-corrected chi connectivity index (χ4v) is 2.73. The van der Waals surface area contributed by atoms with Crippen LogP contribution in [-0.2, 0) is 9.53 Å². The second kappa shape index (κ2) is 8.03. The number of carbonyl (C=O) groups is 1. The molecular weight excluding hydrogens is 248 g/mol. The lowest BCUT2D eigenvalue weighted by atomic mass is 10.2. The first-order valence-corrected chi connectivity index (χ1v) is 6.97. The Bertz CT molecular complexity index is 379. The zero-order valence-electron chi connectivity index (χ0n) is 11.1. The predicted molar refractivity (Wildman–Crippen MR) is 74.2 cm³/mol. The molecule has 0 bridgehead atoms. The van der Waals surface area contributed by atoms with Gasteiger partial charge in [-0.05, 0) is 24.6 Å². The molecule has 1 rings (SSSR count). The van der Waals surface area contributed by atoms with Crippen molar-refractivity contribution in [3.8, 4) is 5.75 Å². The Hall–Kier alpha value is -1.16. The number of hydrogen-bond donors (Lipinski definition) is 0. The Labute approximate surface area is 113 Å². The third-order valence-electron chi connectivity index (χ3n) is 2.60. The summed E-state index contributed by atoms with van der Waals surface area (Å²) in [6, 6.07) is 7.74. The number of hydrogen-bond acceptors (Lipinski definition) is 4. The molecule has 0 N–H and O–H groups in total. The summed E-state index contributed by atoms with van der Waals surface area (Å²) in [5.74, 6) is 0.648. The van der Waals surface area contributed by atoms with Crippen LogP contribution < -0.4 is 4.74 Å². The van der Waals surface area contributed by atoms with Gasteiger partial charge in [0.2, 0.25) is 0 Å². The van der Waals surface area contributed by atoms with Gasteiger partial charge in [0.25, 0.3) is 0 Å². The van der Waals surface area contributed by atoms with Crippen LogP contribution in [-0.4, -0.2) is 25.4 Å². The van der Waals surface area contributed by atoms with Crippen molar-refractivity contribution in [2.75, 3.05) is 14.2 Å². The van der Waals surface area contributed by atoms with Crippen molar-refractivity contribution in [2.45, 2.75) is 36.3 Å². The largest absolute Gasteiger partial charge is 0.497 e. The highest BCUT2D eigenvalue weighted by Gasteiger charge is 2.20. The first-order valence-electron chi connectivity index (χ1n) is 6.09. The molecule has 1 unspecified atom stereocenters. The van der Waals surface area contributed by atoms with Crippen molar-refractivity contribution in [1.29, 1.82) is 0 Å². The maximum absolute atomic E-state index is 11.7. The number of benzene rings is 1. The summed E-state index contributed by atoms with van der Waals surface area (Å²) in [7, 11) is 3.08. The van der Waals surface area contributed by atoms with Gasteiger partial charge < -0.3 is 9.47 Å². The average Bonchev–Trinajstić information content (AvgIpc) is 2.42. The first-order chi connectivity index (χ1) is 8.71. The zero-order chi connectivity index (χ0) is 13.4. The summed E-state index contributed by atoms with van der Waals surface area (Å²) in [4.78, 5) is 12.7. The van der Waals surface area contributed by atoms with E-state index >= 15 is 0 Å². The molecule has 1 aromatic rings. The Kier molecular flexibility index (Phi) is 6.65. The van der Waals surface area contributed by atoms with Crippen LogP contribution in [0.4, 0.5) is 0 Å². The predicted octanol–water partition coefficient (Wildman–Crippen LogP) is 3.52. The Morgan fingerprint density at radius 1 is 1.39 bits per heavy atom. The van der Waals surface area contributed by atoms with Crippen LogP contribution >= 0.6 is 11.8 Å². The van der Waals surface area contributed by atoms with E-state index in [9.17, 15) is 4.79 Å². The van der Waals surface area contributed by atoms with Gasteiger partial charge in [0.05, 0.1) is 14.2 Å². The number of ether oxygens (including phenoxy) is 2. The molecule has 100 valence electrons. The van der Waals surface area contributed by atoms with Gasteiger partial charge in [-0.2, -0.15) is 0 Å². The Morgan fingerprint density at radius 2 is 2.17 bits per heavy atom. The van der Waals surface area contributed by atoms with Crippen LogP contribution in [0.25, 0.3) is 0 Å². The van der Waals surface area contributed by atoms with E-state index in [1.165, 1.54) is 18.9 Å². The molecule has 4 heteroatoms. The monoisotopic (exact) mass is 268 g/mol. The molecule has 0 heterocycles. The molecule has 0 radical (unpaired) electrons. The summed E-state index contributed by atoms with van der Waals surface area (Å²) < 4.78 is 10.0. The second-order valence-corrected chi connectivity index (χ2v) is 5.23. The van der Waals surface area contributed by atoms with E-state index in [1.54, 1.807) is 7.11 Å². The third-order valence-corrected chi connectivity index (χ3v) is 3.84. The van der Waals surface area contributed by atoms with Crippen LogP contribution in [0.1, 0.15) is 26.2 Å². The molecule has 0 aromatic heterocycles. The van der Waals surface area contributed by atoms with Crippen molar-refractivity contribution in [3.05, 3.63) is 24.3 Å². The molecule has 0 aliphatic heterocycles. The van der Waals surface area contributed by atoms with Crippen LogP contribution in [0, 0.1) is 0 Å². The summed E-state index contributed by atoms with van der Waals surface area (Å²) in [5.41, 5.74) is 0. The van der Waals surface area contributed by atoms with E-state index in [2.05, 4.69) is 6.92 Å². The molecule has 0 spiro atoms. The van der Waals surface area contributed by atoms with Gasteiger partial charge in [0, 0.05) is 4.90 Å². The molecule has 1 aromatic carbocycles. The Morgan fingerprint density at radius 3 is 2.78 bits per heavy atom. The number of esters is 1. The maximum atomic E-state index is 11.7. The fourth-order valence-electron chi connectivity index (χ4n) is 1.58. The lowest BCUT2D eigenvalue weighted by Gasteiger charge is -2.14. The molecule has 3 nitrogen and oxygen atoms in total. The van der Waals surface area contributed by atoms with Crippen LogP contribution in [0.3, 0.4) is 0 Å².